The van der Waals surface area contributed by atoms with Gasteiger partial charge in [-0.05, 0) is 23.8 Å². The maximum absolute atomic E-state index is 12.4. The van der Waals surface area contributed by atoms with Crippen LogP contribution in [0.15, 0.2) is 30.5 Å². The highest BCUT2D eigenvalue weighted by Crippen LogP contribution is 2.17. The van der Waals surface area contributed by atoms with Gasteiger partial charge in [0.25, 0.3) is 5.91 Å². The van der Waals surface area contributed by atoms with Crippen LogP contribution in [-0.2, 0) is 27.3 Å². The summed E-state index contributed by atoms with van der Waals surface area (Å²) in [6, 6.07) is 5.90. The Labute approximate surface area is 159 Å². The lowest BCUT2D eigenvalue weighted by Crippen LogP contribution is -2.42. The van der Waals surface area contributed by atoms with Gasteiger partial charge in [0, 0.05) is 24.4 Å². The van der Waals surface area contributed by atoms with Gasteiger partial charge in [-0.15, -0.1) is 11.3 Å². The number of carbonyl (C=O) groups is 3. The normalized spacial score (nSPS) is 11.5. The van der Waals surface area contributed by atoms with Gasteiger partial charge in [-0.3, -0.25) is 9.59 Å². The van der Waals surface area contributed by atoms with E-state index in [0.29, 0.717) is 16.6 Å². The number of pyridine rings is 1. The van der Waals surface area contributed by atoms with E-state index in [2.05, 4.69) is 15.6 Å². The number of rotatable bonds is 7. The summed E-state index contributed by atoms with van der Waals surface area (Å²) in [7, 11) is 1.26. The highest BCUT2D eigenvalue weighted by Gasteiger charge is 2.23. The minimum absolute atomic E-state index is 0.147. The van der Waals surface area contributed by atoms with Gasteiger partial charge in [0.15, 0.2) is 0 Å². The molecule has 0 fully saturated rings. The van der Waals surface area contributed by atoms with Gasteiger partial charge in [-0.25, -0.2) is 9.78 Å². The number of methoxy groups -OCH3 is 1. The van der Waals surface area contributed by atoms with Crippen molar-refractivity contribution in [1.29, 1.82) is 0 Å². The summed E-state index contributed by atoms with van der Waals surface area (Å²) in [4.78, 5) is 40.6. The minimum atomic E-state index is -0.851. The van der Waals surface area contributed by atoms with Crippen molar-refractivity contribution < 1.29 is 19.1 Å². The zero-order chi connectivity index (χ0) is 19.1. The van der Waals surface area contributed by atoms with Crippen LogP contribution in [0.3, 0.4) is 0 Å². The topological polar surface area (TPSA) is 97.4 Å². The standard InChI is InChI=1S/C17H18ClN3O4S/c1-10(22)19-9-12-4-5-14(26-12)16(23)21-13(17(24)25-2)7-11-3-6-15(18)20-8-11/h3-6,8,13H,7,9H2,1-2H3,(H,19,22)(H,21,23). The molecule has 0 spiro atoms. The summed E-state index contributed by atoms with van der Waals surface area (Å²) in [6.07, 6.45) is 1.77. The maximum Gasteiger partial charge on any atom is 0.328 e. The fourth-order valence-corrected chi connectivity index (χ4v) is 3.10. The first-order chi connectivity index (χ1) is 12.4. The first kappa shape index (κ1) is 19.9. The van der Waals surface area contributed by atoms with Crippen LogP contribution in [0.25, 0.3) is 0 Å². The van der Waals surface area contributed by atoms with Crippen LogP contribution in [0.5, 0.6) is 0 Å². The second-order valence-corrected chi connectivity index (χ2v) is 6.97. The molecule has 2 aromatic heterocycles. The number of carbonyl (C=O) groups excluding carboxylic acids is 3. The second kappa shape index (κ2) is 9.30. The molecule has 1 unspecified atom stereocenters. The van der Waals surface area contributed by atoms with Crippen LogP contribution in [-0.4, -0.2) is 35.9 Å². The summed E-state index contributed by atoms with van der Waals surface area (Å²) in [5.74, 6) is -1.09. The molecular weight excluding hydrogens is 378 g/mol. The Morgan fingerprint density at radius 2 is 2.04 bits per heavy atom. The fourth-order valence-electron chi connectivity index (χ4n) is 2.13. The molecule has 0 saturated carbocycles. The van der Waals surface area contributed by atoms with E-state index in [-0.39, 0.29) is 18.2 Å². The van der Waals surface area contributed by atoms with Gasteiger partial charge in [-0.2, -0.15) is 0 Å². The molecule has 0 aliphatic rings. The second-order valence-electron chi connectivity index (χ2n) is 5.42. The van der Waals surface area contributed by atoms with Gasteiger partial charge in [0.2, 0.25) is 5.91 Å². The molecule has 0 saturated heterocycles. The molecular formula is C17H18ClN3O4S. The number of thiophene rings is 1. The number of nitrogens with zero attached hydrogens (tertiary/aromatic N) is 1. The first-order valence-corrected chi connectivity index (χ1v) is 8.90. The van der Waals surface area contributed by atoms with Crippen molar-refractivity contribution in [3.8, 4) is 0 Å². The lowest BCUT2D eigenvalue weighted by Gasteiger charge is -2.16. The van der Waals surface area contributed by atoms with Crippen molar-refractivity contribution >= 4 is 40.7 Å². The predicted octanol–water partition coefficient (Wildman–Crippen LogP) is 1.95. The molecule has 138 valence electrons. The van der Waals surface area contributed by atoms with Crippen molar-refractivity contribution in [3.05, 3.63) is 50.9 Å². The van der Waals surface area contributed by atoms with Gasteiger partial charge in [0.05, 0.1) is 18.5 Å². The molecule has 7 nitrogen and oxygen atoms in total. The van der Waals surface area contributed by atoms with Crippen LogP contribution in [0.1, 0.15) is 27.0 Å². The maximum atomic E-state index is 12.4. The molecule has 2 rings (SSSR count). The lowest BCUT2D eigenvalue weighted by molar-refractivity contribution is -0.142. The molecule has 0 radical (unpaired) electrons. The van der Waals surface area contributed by atoms with Gasteiger partial charge in [0.1, 0.15) is 11.2 Å². The number of ether oxygens (including phenoxy) is 1. The van der Waals surface area contributed by atoms with E-state index in [9.17, 15) is 14.4 Å². The zero-order valence-electron chi connectivity index (χ0n) is 14.2. The van der Waals surface area contributed by atoms with E-state index < -0.39 is 12.0 Å². The molecule has 2 aromatic rings. The van der Waals surface area contributed by atoms with E-state index in [4.69, 9.17) is 16.3 Å². The third-order valence-electron chi connectivity index (χ3n) is 3.42. The SMILES string of the molecule is COC(=O)C(Cc1ccc(Cl)nc1)NC(=O)c1ccc(CNC(C)=O)s1. The van der Waals surface area contributed by atoms with E-state index in [1.807, 2.05) is 0 Å². The largest absolute Gasteiger partial charge is 0.467 e. The van der Waals surface area contributed by atoms with Gasteiger partial charge in [-0.1, -0.05) is 17.7 Å². The Kier molecular flexibility index (Phi) is 7.11. The Morgan fingerprint density at radius 3 is 2.65 bits per heavy atom. The fraction of sp³-hybridized carbons (Fsp3) is 0.294. The smallest absolute Gasteiger partial charge is 0.328 e. The van der Waals surface area contributed by atoms with Crippen molar-refractivity contribution in [2.45, 2.75) is 25.9 Å². The molecule has 2 heterocycles. The highest BCUT2D eigenvalue weighted by molar-refractivity contribution is 7.14. The number of hydrogen-bond donors (Lipinski definition) is 2. The monoisotopic (exact) mass is 395 g/mol. The molecule has 9 heteroatoms. The zero-order valence-corrected chi connectivity index (χ0v) is 15.8. The van der Waals surface area contributed by atoms with Crippen molar-refractivity contribution in [1.82, 2.24) is 15.6 Å². The van der Waals surface area contributed by atoms with Crippen molar-refractivity contribution in [2.24, 2.45) is 0 Å². The van der Waals surface area contributed by atoms with Crippen LogP contribution < -0.4 is 10.6 Å². The molecule has 1 atom stereocenters. The van der Waals surface area contributed by atoms with Crippen LogP contribution in [0.4, 0.5) is 0 Å². The summed E-state index contributed by atoms with van der Waals surface area (Å²) < 4.78 is 4.77. The first-order valence-electron chi connectivity index (χ1n) is 7.71. The Morgan fingerprint density at radius 1 is 1.27 bits per heavy atom. The van der Waals surface area contributed by atoms with Crippen LogP contribution in [0.2, 0.25) is 5.15 Å². The third-order valence-corrected chi connectivity index (χ3v) is 4.72. The number of amides is 2. The Balaban J connectivity index is 2.05. The quantitative estimate of drug-likeness (QED) is 0.551. The van der Waals surface area contributed by atoms with E-state index in [1.54, 1.807) is 30.5 Å². The van der Waals surface area contributed by atoms with Crippen molar-refractivity contribution in [2.75, 3.05) is 7.11 Å². The van der Waals surface area contributed by atoms with E-state index in [1.165, 1.54) is 25.4 Å². The lowest BCUT2D eigenvalue weighted by atomic mass is 10.1. The summed E-state index contributed by atoms with van der Waals surface area (Å²) in [5, 5.41) is 5.69. The Bertz CT molecular complexity index is 792. The van der Waals surface area contributed by atoms with Crippen molar-refractivity contribution in [3.63, 3.8) is 0 Å². The molecule has 26 heavy (non-hydrogen) atoms. The summed E-state index contributed by atoms with van der Waals surface area (Å²) in [6.45, 7) is 1.78. The number of aromatic nitrogens is 1. The van der Waals surface area contributed by atoms with Crippen LogP contribution >= 0.6 is 22.9 Å². The van der Waals surface area contributed by atoms with E-state index in [0.717, 1.165) is 10.4 Å². The average Bonchev–Trinajstić information content (AvgIpc) is 3.09. The summed E-state index contributed by atoms with van der Waals surface area (Å²) in [5.41, 5.74) is 0.739. The number of esters is 1. The predicted molar refractivity (Wildman–Crippen MR) is 98.1 cm³/mol. The Hall–Kier alpha value is -2.45. The number of nitrogens with one attached hydrogen (secondary N) is 2. The number of halogens is 1. The summed E-state index contributed by atoms with van der Waals surface area (Å²) >= 11 is 7.00. The molecule has 0 aromatic carbocycles. The third kappa shape index (κ3) is 5.82. The van der Waals surface area contributed by atoms with E-state index >= 15 is 0 Å². The minimum Gasteiger partial charge on any atom is -0.467 e. The molecule has 0 aliphatic heterocycles. The molecule has 0 aliphatic carbocycles. The van der Waals surface area contributed by atoms with Gasteiger partial charge >= 0.3 is 5.97 Å². The molecule has 2 N–H and O–H groups in total. The molecule has 2 amide bonds. The number of hydrogen-bond acceptors (Lipinski definition) is 6. The highest BCUT2D eigenvalue weighted by atomic mass is 35.5. The molecule has 0 bridgehead atoms. The van der Waals surface area contributed by atoms with Gasteiger partial charge < -0.3 is 15.4 Å². The average molecular weight is 396 g/mol. The van der Waals surface area contributed by atoms with Crippen LogP contribution in [0, 0.1) is 0 Å².